The summed E-state index contributed by atoms with van der Waals surface area (Å²) < 4.78 is 27.9. The molecule has 0 radical (unpaired) electrons. The topological polar surface area (TPSA) is 66.5 Å². The molecule has 1 aliphatic heterocycles. The molecule has 1 fully saturated rings. The molecule has 0 unspecified atom stereocenters. The van der Waals surface area contributed by atoms with Gasteiger partial charge in [-0.3, -0.25) is 4.79 Å². The molecule has 0 saturated carbocycles. The van der Waals surface area contributed by atoms with Crippen LogP contribution in [0, 0.1) is 5.92 Å². The molecule has 0 aliphatic carbocycles. The first-order valence-corrected chi connectivity index (χ1v) is 10.4. The van der Waals surface area contributed by atoms with Gasteiger partial charge in [0, 0.05) is 28.7 Å². The monoisotopic (exact) mass is 416 g/mol. The van der Waals surface area contributed by atoms with Gasteiger partial charge in [-0.1, -0.05) is 6.92 Å². The predicted molar refractivity (Wildman–Crippen MR) is 98.5 cm³/mol. The number of rotatable bonds is 3. The van der Waals surface area contributed by atoms with E-state index in [0.717, 1.165) is 12.8 Å². The van der Waals surface area contributed by atoms with Crippen molar-refractivity contribution >= 4 is 31.9 Å². The normalized spacial score (nSPS) is 17.7. The molecule has 0 aromatic heterocycles. The maximum Gasteiger partial charge on any atom is 0.251 e. The fourth-order valence-corrected chi connectivity index (χ4v) is 5.04. The van der Waals surface area contributed by atoms with E-state index in [1.54, 1.807) is 12.1 Å². The largest absolute Gasteiger partial charge is 0.347 e. The van der Waals surface area contributed by atoms with Crippen molar-refractivity contribution in [3.05, 3.63) is 28.2 Å². The number of piperidine rings is 1. The van der Waals surface area contributed by atoms with Crippen molar-refractivity contribution < 1.29 is 13.2 Å². The quantitative estimate of drug-likeness (QED) is 0.820. The van der Waals surface area contributed by atoms with Gasteiger partial charge in [0.25, 0.3) is 5.91 Å². The van der Waals surface area contributed by atoms with Gasteiger partial charge in [-0.15, -0.1) is 0 Å². The average molecular weight is 417 g/mol. The number of halogens is 1. The third-order valence-electron chi connectivity index (χ3n) is 4.04. The van der Waals surface area contributed by atoms with Gasteiger partial charge in [0.2, 0.25) is 10.0 Å². The van der Waals surface area contributed by atoms with Crippen LogP contribution in [0.2, 0.25) is 0 Å². The number of nitrogens with zero attached hydrogens (tertiary/aromatic N) is 1. The fraction of sp³-hybridized carbons (Fsp3) is 0.588. The van der Waals surface area contributed by atoms with E-state index in [9.17, 15) is 13.2 Å². The zero-order valence-corrected chi connectivity index (χ0v) is 17.0. The number of sulfonamides is 1. The minimum Gasteiger partial charge on any atom is -0.347 e. The predicted octanol–water partition coefficient (Wildman–Crippen LogP) is 3.40. The zero-order chi connectivity index (χ0) is 18.1. The number of carbonyl (C=O) groups is 1. The first-order valence-electron chi connectivity index (χ1n) is 8.13. The van der Waals surface area contributed by atoms with Crippen molar-refractivity contribution in [2.75, 3.05) is 13.1 Å². The lowest BCUT2D eigenvalue weighted by Gasteiger charge is -2.29. The molecular formula is C17H25BrN2O3S. The molecule has 2 rings (SSSR count). The number of hydrogen-bond donors (Lipinski definition) is 1. The molecule has 0 spiro atoms. The van der Waals surface area contributed by atoms with Crippen LogP contribution in [-0.2, 0) is 10.0 Å². The van der Waals surface area contributed by atoms with E-state index in [-0.39, 0.29) is 16.3 Å². The maximum atomic E-state index is 12.9. The van der Waals surface area contributed by atoms with Crippen molar-refractivity contribution in [3.63, 3.8) is 0 Å². The van der Waals surface area contributed by atoms with E-state index in [0.29, 0.717) is 29.0 Å². The van der Waals surface area contributed by atoms with Crippen LogP contribution < -0.4 is 5.32 Å². The van der Waals surface area contributed by atoms with Crippen LogP contribution in [0.3, 0.4) is 0 Å². The first-order chi connectivity index (χ1) is 11.0. The SMILES string of the molecule is CC1CCN(S(=O)(=O)c2cc(C(=O)NC(C)(C)C)ccc2Br)CC1. The first kappa shape index (κ1) is 19.4. The Labute approximate surface area is 153 Å². The van der Waals surface area contributed by atoms with Crippen molar-refractivity contribution in [1.82, 2.24) is 9.62 Å². The molecule has 24 heavy (non-hydrogen) atoms. The Morgan fingerprint density at radius 3 is 2.38 bits per heavy atom. The summed E-state index contributed by atoms with van der Waals surface area (Å²) >= 11 is 3.32. The van der Waals surface area contributed by atoms with Gasteiger partial charge in [0.1, 0.15) is 0 Å². The summed E-state index contributed by atoms with van der Waals surface area (Å²) in [5.41, 5.74) is -0.0382. The van der Waals surface area contributed by atoms with Gasteiger partial charge < -0.3 is 5.32 Å². The lowest BCUT2D eigenvalue weighted by Crippen LogP contribution is -2.41. The van der Waals surface area contributed by atoms with Gasteiger partial charge >= 0.3 is 0 Å². The summed E-state index contributed by atoms with van der Waals surface area (Å²) in [5, 5.41) is 2.86. The Kier molecular flexibility index (Phi) is 5.77. The molecule has 0 atom stereocenters. The van der Waals surface area contributed by atoms with Crippen LogP contribution in [0.5, 0.6) is 0 Å². The number of amides is 1. The van der Waals surface area contributed by atoms with Crippen molar-refractivity contribution in [2.45, 2.75) is 51.0 Å². The third kappa shape index (κ3) is 4.58. The highest BCUT2D eigenvalue weighted by Crippen LogP contribution is 2.29. The van der Waals surface area contributed by atoms with Crippen LogP contribution >= 0.6 is 15.9 Å². The van der Waals surface area contributed by atoms with Crippen molar-refractivity contribution in [1.29, 1.82) is 0 Å². The molecule has 1 aromatic carbocycles. The molecule has 0 bridgehead atoms. The van der Waals surface area contributed by atoms with E-state index < -0.39 is 10.0 Å². The Bertz CT molecular complexity index is 718. The zero-order valence-electron chi connectivity index (χ0n) is 14.6. The molecule has 1 aromatic rings. The minimum atomic E-state index is -3.61. The van der Waals surface area contributed by atoms with Gasteiger partial charge in [-0.25, -0.2) is 8.42 Å². The van der Waals surface area contributed by atoms with E-state index >= 15 is 0 Å². The highest BCUT2D eigenvalue weighted by atomic mass is 79.9. The second kappa shape index (κ2) is 7.14. The molecule has 1 amide bonds. The summed E-state index contributed by atoms with van der Waals surface area (Å²) in [6, 6.07) is 4.71. The molecule has 1 N–H and O–H groups in total. The van der Waals surface area contributed by atoms with Gasteiger partial charge in [0.15, 0.2) is 0 Å². The Hall–Kier alpha value is -0.920. The molecule has 134 valence electrons. The van der Waals surface area contributed by atoms with Gasteiger partial charge in [-0.2, -0.15) is 4.31 Å². The lowest BCUT2D eigenvalue weighted by atomic mass is 10.0. The highest BCUT2D eigenvalue weighted by molar-refractivity contribution is 9.10. The van der Waals surface area contributed by atoms with Crippen molar-refractivity contribution in [3.8, 4) is 0 Å². The number of hydrogen-bond acceptors (Lipinski definition) is 3. The Morgan fingerprint density at radius 2 is 1.83 bits per heavy atom. The standard InChI is InChI=1S/C17H25BrN2O3S/c1-12-7-9-20(10-8-12)24(22,23)15-11-13(5-6-14(15)18)16(21)19-17(2,3)4/h5-6,11-12H,7-10H2,1-4H3,(H,19,21). The average Bonchev–Trinajstić information content (AvgIpc) is 2.46. The molecule has 1 heterocycles. The van der Waals surface area contributed by atoms with Crippen LogP contribution in [0.15, 0.2) is 27.6 Å². The van der Waals surface area contributed by atoms with Crippen LogP contribution in [0.25, 0.3) is 0 Å². The van der Waals surface area contributed by atoms with Crippen LogP contribution in [-0.4, -0.2) is 37.3 Å². The van der Waals surface area contributed by atoms with E-state index in [1.165, 1.54) is 10.4 Å². The smallest absolute Gasteiger partial charge is 0.251 e. The second-order valence-corrected chi connectivity index (χ2v) is 10.2. The van der Waals surface area contributed by atoms with Crippen molar-refractivity contribution in [2.24, 2.45) is 5.92 Å². The minimum absolute atomic E-state index is 0.151. The lowest BCUT2D eigenvalue weighted by molar-refractivity contribution is 0.0919. The summed E-state index contributed by atoms with van der Waals surface area (Å²) in [5.74, 6) is 0.266. The van der Waals surface area contributed by atoms with E-state index in [1.807, 2.05) is 20.8 Å². The summed E-state index contributed by atoms with van der Waals surface area (Å²) in [6.07, 6.45) is 1.72. The van der Waals surface area contributed by atoms with Crippen LogP contribution in [0.4, 0.5) is 0 Å². The molecule has 1 aliphatic rings. The van der Waals surface area contributed by atoms with Crippen LogP contribution in [0.1, 0.15) is 50.9 Å². The number of nitrogens with one attached hydrogen (secondary N) is 1. The van der Waals surface area contributed by atoms with Gasteiger partial charge in [-0.05, 0) is 73.7 Å². The second-order valence-electron chi connectivity index (χ2n) is 7.44. The molecule has 7 heteroatoms. The summed E-state index contributed by atoms with van der Waals surface area (Å²) in [4.78, 5) is 12.5. The number of carbonyl (C=O) groups excluding carboxylic acids is 1. The Morgan fingerprint density at radius 1 is 1.25 bits per heavy atom. The van der Waals surface area contributed by atoms with E-state index in [4.69, 9.17) is 0 Å². The number of benzene rings is 1. The summed E-state index contributed by atoms with van der Waals surface area (Å²) in [6.45, 7) is 8.84. The molecular weight excluding hydrogens is 392 g/mol. The van der Waals surface area contributed by atoms with E-state index in [2.05, 4.69) is 28.2 Å². The highest BCUT2D eigenvalue weighted by Gasteiger charge is 2.30. The van der Waals surface area contributed by atoms with Gasteiger partial charge in [0.05, 0.1) is 4.90 Å². The Balaban J connectivity index is 2.33. The summed E-state index contributed by atoms with van der Waals surface area (Å²) in [7, 11) is -3.61. The maximum absolute atomic E-state index is 12.9. The molecule has 5 nitrogen and oxygen atoms in total. The fourth-order valence-electron chi connectivity index (χ4n) is 2.62. The third-order valence-corrected chi connectivity index (χ3v) is 6.93. The molecule has 1 saturated heterocycles.